The molecule has 0 spiro atoms. The van der Waals surface area contributed by atoms with Crippen LogP contribution in [0.1, 0.15) is 33.5 Å². The Morgan fingerprint density at radius 3 is 2.81 bits per heavy atom. The number of para-hydroxylation sites is 1. The predicted molar refractivity (Wildman–Crippen MR) is 103 cm³/mol. The fourth-order valence-electron chi connectivity index (χ4n) is 2.95. The summed E-state index contributed by atoms with van der Waals surface area (Å²) in [6, 6.07) is 9.59. The van der Waals surface area contributed by atoms with E-state index in [1.807, 2.05) is 36.6 Å². The standard InChI is InChI=1S/C19H16N4O2S/c1-10-17(13-5-3-4-6-14(13)21-10)16-9-26-19(22-16)23-18(25)15-7-12(8-20-15)11(2)24/h3-9,20-21H,1-2H3,(H,22,23,25). The number of benzene rings is 1. The highest BCUT2D eigenvalue weighted by Gasteiger charge is 2.16. The molecule has 0 radical (unpaired) electrons. The molecule has 0 aliphatic rings. The number of aromatic nitrogens is 3. The van der Waals surface area contributed by atoms with Gasteiger partial charge in [-0.15, -0.1) is 11.3 Å². The SMILES string of the molecule is CC(=O)c1c[nH]c(C(=O)Nc2nc(-c3c(C)[nH]c4ccccc34)cs2)c1. The van der Waals surface area contributed by atoms with Crippen molar-refractivity contribution in [3.8, 4) is 11.3 Å². The van der Waals surface area contributed by atoms with Crippen LogP contribution in [0.3, 0.4) is 0 Å². The molecule has 3 N–H and O–H groups in total. The van der Waals surface area contributed by atoms with Gasteiger partial charge in [0.15, 0.2) is 10.9 Å². The number of nitrogens with zero attached hydrogens (tertiary/aromatic N) is 1. The van der Waals surface area contributed by atoms with Crippen LogP contribution in [-0.2, 0) is 0 Å². The molecule has 130 valence electrons. The molecule has 4 rings (SSSR count). The lowest BCUT2D eigenvalue weighted by atomic mass is 10.1. The van der Waals surface area contributed by atoms with Crippen LogP contribution in [0.4, 0.5) is 5.13 Å². The topological polar surface area (TPSA) is 90.6 Å². The first-order chi connectivity index (χ1) is 12.5. The van der Waals surface area contributed by atoms with Crippen molar-refractivity contribution >= 4 is 39.1 Å². The Labute approximate surface area is 153 Å². The van der Waals surface area contributed by atoms with Crippen molar-refractivity contribution in [3.63, 3.8) is 0 Å². The number of amides is 1. The summed E-state index contributed by atoms with van der Waals surface area (Å²) >= 11 is 1.36. The summed E-state index contributed by atoms with van der Waals surface area (Å²) in [5.74, 6) is -0.416. The second-order valence-electron chi connectivity index (χ2n) is 6.02. The molecule has 0 bridgehead atoms. The van der Waals surface area contributed by atoms with E-state index in [1.165, 1.54) is 30.5 Å². The average Bonchev–Trinajstić information content (AvgIpc) is 3.31. The third kappa shape index (κ3) is 2.82. The Morgan fingerprint density at radius 2 is 2.04 bits per heavy atom. The number of Topliss-reactive ketones (excluding diaryl/α,β-unsaturated/α-hetero) is 1. The minimum atomic E-state index is -0.325. The van der Waals surface area contributed by atoms with Crippen molar-refractivity contribution in [3.05, 3.63) is 58.9 Å². The number of fused-ring (bicyclic) bond motifs is 1. The molecule has 0 saturated heterocycles. The van der Waals surface area contributed by atoms with E-state index in [4.69, 9.17) is 0 Å². The van der Waals surface area contributed by atoms with Crippen LogP contribution in [-0.4, -0.2) is 26.6 Å². The number of hydrogen-bond donors (Lipinski definition) is 3. The molecular weight excluding hydrogens is 348 g/mol. The molecular formula is C19H16N4O2S. The Morgan fingerprint density at radius 1 is 1.23 bits per heavy atom. The molecule has 1 aromatic carbocycles. The van der Waals surface area contributed by atoms with E-state index in [1.54, 1.807) is 0 Å². The summed E-state index contributed by atoms with van der Waals surface area (Å²) < 4.78 is 0. The van der Waals surface area contributed by atoms with Crippen molar-refractivity contribution in [2.75, 3.05) is 5.32 Å². The number of rotatable bonds is 4. The number of aromatic amines is 2. The zero-order valence-corrected chi connectivity index (χ0v) is 15.0. The highest BCUT2D eigenvalue weighted by atomic mass is 32.1. The van der Waals surface area contributed by atoms with E-state index in [2.05, 4.69) is 20.3 Å². The van der Waals surface area contributed by atoms with Gasteiger partial charge in [-0.3, -0.25) is 14.9 Å². The van der Waals surface area contributed by atoms with E-state index in [-0.39, 0.29) is 11.7 Å². The smallest absolute Gasteiger partial charge is 0.273 e. The number of aryl methyl sites for hydroxylation is 1. The number of nitrogens with one attached hydrogen (secondary N) is 3. The normalized spacial score (nSPS) is 11.0. The molecule has 7 heteroatoms. The Bertz CT molecular complexity index is 1140. The van der Waals surface area contributed by atoms with Crippen LogP contribution < -0.4 is 5.32 Å². The Balaban J connectivity index is 1.60. The molecule has 0 atom stereocenters. The van der Waals surface area contributed by atoms with Gasteiger partial charge in [0.2, 0.25) is 0 Å². The van der Waals surface area contributed by atoms with E-state index < -0.39 is 0 Å². The van der Waals surface area contributed by atoms with Crippen molar-refractivity contribution in [2.45, 2.75) is 13.8 Å². The van der Waals surface area contributed by atoms with Gasteiger partial charge in [-0.2, -0.15) is 0 Å². The lowest BCUT2D eigenvalue weighted by Crippen LogP contribution is -2.12. The summed E-state index contributed by atoms with van der Waals surface area (Å²) in [5.41, 5.74) is 4.75. The number of carbonyl (C=O) groups excluding carboxylic acids is 2. The molecule has 0 unspecified atom stereocenters. The van der Waals surface area contributed by atoms with Gasteiger partial charge < -0.3 is 9.97 Å². The first-order valence-electron chi connectivity index (χ1n) is 8.07. The molecule has 0 fully saturated rings. The largest absolute Gasteiger partial charge is 0.358 e. The van der Waals surface area contributed by atoms with Crippen LogP contribution in [0.5, 0.6) is 0 Å². The second-order valence-corrected chi connectivity index (χ2v) is 6.88. The van der Waals surface area contributed by atoms with Crippen LogP contribution in [0.25, 0.3) is 22.2 Å². The summed E-state index contributed by atoms with van der Waals surface area (Å²) in [6.45, 7) is 3.47. The third-order valence-corrected chi connectivity index (χ3v) is 4.97. The predicted octanol–water partition coefficient (Wildman–Crippen LogP) is 4.38. The molecule has 6 nitrogen and oxygen atoms in total. The molecule has 1 amide bonds. The molecule has 0 aliphatic carbocycles. The van der Waals surface area contributed by atoms with Crippen molar-refractivity contribution in [2.24, 2.45) is 0 Å². The number of carbonyl (C=O) groups is 2. The highest BCUT2D eigenvalue weighted by molar-refractivity contribution is 7.14. The Kier molecular flexibility index (Phi) is 3.93. The zero-order chi connectivity index (χ0) is 18.3. The maximum Gasteiger partial charge on any atom is 0.273 e. The number of hydrogen-bond acceptors (Lipinski definition) is 4. The number of anilines is 1. The van der Waals surface area contributed by atoms with Gasteiger partial charge in [-0.25, -0.2) is 4.98 Å². The zero-order valence-electron chi connectivity index (χ0n) is 14.2. The maximum absolute atomic E-state index is 12.3. The number of thiazole rings is 1. The van der Waals surface area contributed by atoms with E-state index >= 15 is 0 Å². The highest BCUT2D eigenvalue weighted by Crippen LogP contribution is 2.33. The van der Waals surface area contributed by atoms with Crippen molar-refractivity contribution < 1.29 is 9.59 Å². The molecule has 4 aromatic rings. The fraction of sp³-hybridized carbons (Fsp3) is 0.105. The monoisotopic (exact) mass is 364 g/mol. The van der Waals surface area contributed by atoms with Crippen LogP contribution >= 0.6 is 11.3 Å². The molecule has 3 heterocycles. The van der Waals surface area contributed by atoms with Gasteiger partial charge in [0, 0.05) is 39.3 Å². The average molecular weight is 364 g/mol. The van der Waals surface area contributed by atoms with Gasteiger partial charge in [0.05, 0.1) is 5.69 Å². The maximum atomic E-state index is 12.3. The first kappa shape index (κ1) is 16.3. The van der Waals surface area contributed by atoms with Gasteiger partial charge in [0.1, 0.15) is 5.69 Å². The summed E-state index contributed by atoms with van der Waals surface area (Å²) in [7, 11) is 0. The van der Waals surface area contributed by atoms with Crippen LogP contribution in [0.15, 0.2) is 41.9 Å². The second kappa shape index (κ2) is 6.27. The summed E-state index contributed by atoms with van der Waals surface area (Å²) in [4.78, 5) is 34.4. The molecule has 3 aromatic heterocycles. The summed E-state index contributed by atoms with van der Waals surface area (Å²) in [5, 5.41) is 6.31. The van der Waals surface area contributed by atoms with E-state index in [0.717, 1.165) is 27.9 Å². The van der Waals surface area contributed by atoms with Gasteiger partial charge in [0.25, 0.3) is 5.91 Å². The molecule has 0 saturated carbocycles. The van der Waals surface area contributed by atoms with Gasteiger partial charge in [-0.05, 0) is 26.0 Å². The van der Waals surface area contributed by atoms with Gasteiger partial charge >= 0.3 is 0 Å². The number of H-pyrrole nitrogens is 2. The minimum absolute atomic E-state index is 0.0911. The first-order valence-corrected chi connectivity index (χ1v) is 8.95. The Hall–Kier alpha value is -3.19. The van der Waals surface area contributed by atoms with E-state index in [9.17, 15) is 9.59 Å². The fourth-order valence-corrected chi connectivity index (χ4v) is 3.64. The van der Waals surface area contributed by atoms with Gasteiger partial charge in [-0.1, -0.05) is 18.2 Å². The summed E-state index contributed by atoms with van der Waals surface area (Å²) in [6.07, 6.45) is 1.53. The van der Waals surface area contributed by atoms with Crippen molar-refractivity contribution in [1.29, 1.82) is 0 Å². The van der Waals surface area contributed by atoms with Crippen LogP contribution in [0, 0.1) is 6.92 Å². The van der Waals surface area contributed by atoms with E-state index in [0.29, 0.717) is 16.4 Å². The lowest BCUT2D eigenvalue weighted by Gasteiger charge is -1.99. The van der Waals surface area contributed by atoms with Crippen molar-refractivity contribution in [1.82, 2.24) is 15.0 Å². The minimum Gasteiger partial charge on any atom is -0.358 e. The third-order valence-electron chi connectivity index (χ3n) is 4.21. The molecule has 26 heavy (non-hydrogen) atoms. The van der Waals surface area contributed by atoms with Crippen LogP contribution in [0.2, 0.25) is 0 Å². The lowest BCUT2D eigenvalue weighted by molar-refractivity contribution is 0.101. The number of ketones is 1. The molecule has 0 aliphatic heterocycles. The quantitative estimate of drug-likeness (QED) is 0.469.